The van der Waals surface area contributed by atoms with Crippen molar-refractivity contribution in [2.75, 3.05) is 0 Å². The van der Waals surface area contributed by atoms with Crippen LogP contribution in [0.15, 0.2) is 194 Å². The number of benzene rings is 10. The Morgan fingerprint density at radius 2 is 0.214 bits per heavy atom. The molecule has 0 unspecified atom stereocenters. The van der Waals surface area contributed by atoms with Crippen LogP contribution in [0.3, 0.4) is 0 Å². The molecule has 0 bridgehead atoms. The molecule has 10 aromatic rings. The Bertz CT molecular complexity index is 7380. The summed E-state index contributed by atoms with van der Waals surface area (Å²) in [6.45, 7) is 0. The summed E-state index contributed by atoms with van der Waals surface area (Å²) in [5, 5.41) is 0. The van der Waals surface area contributed by atoms with E-state index >= 15 is 0 Å². The first kappa shape index (κ1) is 110. The van der Waals surface area contributed by atoms with E-state index in [9.17, 15) is 216 Å². The number of hydrogen-bond acceptors (Lipinski definition) is 30. The van der Waals surface area contributed by atoms with Crippen LogP contribution >= 0.6 is 0 Å². The van der Waals surface area contributed by atoms with Crippen molar-refractivity contribution < 1.29 is 258 Å². The van der Waals surface area contributed by atoms with Crippen molar-refractivity contribution in [1.82, 2.24) is 0 Å². The van der Waals surface area contributed by atoms with Crippen LogP contribution in [0.2, 0.25) is 0 Å². The van der Waals surface area contributed by atoms with Crippen LogP contribution in [0, 0.1) is 0 Å². The Kier molecular flexibility index (Phi) is 28.7. The fourth-order valence-electron chi connectivity index (χ4n) is 11.4. The molecule has 0 N–H and O–H groups in total. The van der Waals surface area contributed by atoms with E-state index in [-0.39, 0.29) is 158 Å². The maximum atomic E-state index is 14.6. The van der Waals surface area contributed by atoms with Crippen molar-refractivity contribution in [3.63, 3.8) is 0 Å². The summed E-state index contributed by atoms with van der Waals surface area (Å²) >= 11 is 0. The van der Waals surface area contributed by atoms with Gasteiger partial charge < -0.3 is 41.8 Å². The SMILES string of the molecule is O=S(=O)(Oc1ccc(-c2ccc(OS(=O)(=O)C(F)(F)F)cc2-c2cc(OS(=O)(=O)C(F)(F)F)ccc2-c2ccc(OS(=O)(=O)C(F)(F)F)cc2-c2cc(OS(=O)(=O)C(F)(F)F)ccc2-c2ccc(OS(=O)(=O)C(F)(F)F)cc2-c2cc(OS(=O)(=O)C(F)(F)F)ccc2-c2ccc(OS(=O)(=O)C(F)(F)F)cc2-c2cc(OS(=O)(=O)C(F)(F)F)ccc2-c2ccc(OS(=O)(=O)C(F)(F)F)cc2)cc1)C(F)(F)F. The van der Waals surface area contributed by atoms with E-state index in [1.807, 2.05) is 0 Å². The number of hydrogen-bond donors (Lipinski definition) is 0. The van der Waals surface area contributed by atoms with Gasteiger partial charge in [0.15, 0.2) is 0 Å². The smallest absolute Gasteiger partial charge is 0.376 e. The predicted molar refractivity (Wildman–Crippen MR) is 411 cm³/mol. The zero-order chi connectivity index (χ0) is 106. The maximum absolute atomic E-state index is 14.6. The molecule has 30 nitrogen and oxygen atoms in total. The van der Waals surface area contributed by atoms with E-state index in [4.69, 9.17) is 0 Å². The van der Waals surface area contributed by atoms with Gasteiger partial charge in [-0.2, -0.15) is 216 Å². The van der Waals surface area contributed by atoms with Gasteiger partial charge in [-0.05, 0) is 258 Å². The summed E-state index contributed by atoms with van der Waals surface area (Å²) in [6.07, 6.45) is 0. The van der Waals surface area contributed by atoms with Crippen molar-refractivity contribution in [3.8, 4) is 158 Å². The minimum absolute atomic E-state index is 0.00964. The Morgan fingerprint density at radius 1 is 0.121 bits per heavy atom. The third kappa shape index (κ3) is 23.6. The third-order valence-electron chi connectivity index (χ3n) is 17.2. The molecule has 0 aromatic heterocycles. The zero-order valence-corrected chi connectivity index (χ0v) is 73.3. The average Bonchev–Trinajstić information content (AvgIpc) is 0.740. The highest BCUT2D eigenvalue weighted by molar-refractivity contribution is 7.90. The molecule has 0 aliphatic heterocycles. The standard InChI is InChI=1S/C70H32F30O30S10/c71-61(72,73)131(101,102)121-35-5-1-33(2-6-35)45-17-9-37(123-133(105,106)63(77,78)79)25-53(45)55-27-39(125-135(109,110)65(83,84)85)11-19-47(55)49-21-13-41(127-137(113,114)67(89,90)91)29-57(49)59-31-43(129-139(117,118)69(95,96)97)15-23-51(59)52-24-16-44(130-140(119,120)70(98,99)100)32-60(52)58-30-42(128-138(115,116)68(92,93)94)14-22-50(58)48-20-12-40(126-136(111,112)66(86,87)88)28-56(48)54-26-38(124-134(107,108)64(80,81)82)10-18-46(54)34-3-7-36(8-4-34)122-132(103,104)62(74,75)76/h1-32H. The molecule has 140 heavy (non-hydrogen) atoms. The molecule has 0 amide bonds. The number of rotatable bonds is 29. The molecule has 0 aliphatic carbocycles. The van der Waals surface area contributed by atoms with Crippen molar-refractivity contribution in [2.24, 2.45) is 0 Å². The van der Waals surface area contributed by atoms with Gasteiger partial charge in [-0.3, -0.25) is 0 Å². The van der Waals surface area contributed by atoms with E-state index in [0.29, 0.717) is 36.4 Å². The molecule has 70 heteroatoms. The lowest BCUT2D eigenvalue weighted by Gasteiger charge is -2.24. The van der Waals surface area contributed by atoms with Gasteiger partial charge in [-0.25, -0.2) is 0 Å². The quantitative estimate of drug-likeness (QED) is 0.0239. The van der Waals surface area contributed by atoms with Gasteiger partial charge in [0.05, 0.1) is 0 Å². The molecule has 0 saturated carbocycles. The number of alkyl halides is 30. The van der Waals surface area contributed by atoms with Gasteiger partial charge in [0.25, 0.3) is 0 Å². The minimum atomic E-state index is -7.38. The first-order valence-electron chi connectivity index (χ1n) is 34.5. The molecule has 0 spiro atoms. The molecule has 0 atom stereocenters. The fourth-order valence-corrected chi connectivity index (χ4v) is 15.9. The minimum Gasteiger partial charge on any atom is -0.376 e. The van der Waals surface area contributed by atoms with Crippen LogP contribution in [-0.2, 0) is 101 Å². The van der Waals surface area contributed by atoms with Crippen molar-refractivity contribution in [2.45, 2.75) is 55.1 Å². The summed E-state index contributed by atoms with van der Waals surface area (Å²) in [5.41, 5.74) is -90.7. The monoisotopic (exact) mass is 2240 g/mol. The highest BCUT2D eigenvalue weighted by atomic mass is 32.3. The second kappa shape index (κ2) is 36.6. The normalized spacial score (nSPS) is 13.8. The molecular weight excluding hydrogens is 2210 g/mol. The van der Waals surface area contributed by atoms with E-state index in [1.54, 1.807) is 0 Å². The van der Waals surface area contributed by atoms with Crippen LogP contribution in [0.25, 0.3) is 100 Å². The lowest BCUT2D eigenvalue weighted by atomic mass is 9.82. The van der Waals surface area contributed by atoms with Crippen molar-refractivity contribution in [1.29, 1.82) is 0 Å². The highest BCUT2D eigenvalue weighted by Gasteiger charge is 2.56. The largest absolute Gasteiger partial charge is 0.534 e. The van der Waals surface area contributed by atoms with Crippen LogP contribution < -0.4 is 41.8 Å². The lowest BCUT2D eigenvalue weighted by molar-refractivity contribution is -0.0504. The van der Waals surface area contributed by atoms with Crippen LogP contribution in [0.4, 0.5) is 132 Å². The van der Waals surface area contributed by atoms with E-state index in [1.165, 1.54) is 0 Å². The Morgan fingerprint density at radius 3 is 0.329 bits per heavy atom. The van der Waals surface area contributed by atoms with Crippen LogP contribution in [-0.4, -0.2) is 139 Å². The number of halogens is 30. The highest BCUT2D eigenvalue weighted by Crippen LogP contribution is 2.55. The van der Waals surface area contributed by atoms with E-state index < -0.39 is 314 Å². The molecule has 0 fully saturated rings. The van der Waals surface area contributed by atoms with Crippen LogP contribution in [0.5, 0.6) is 57.5 Å². The maximum Gasteiger partial charge on any atom is 0.534 e. The van der Waals surface area contributed by atoms with Gasteiger partial charge in [0, 0.05) is 0 Å². The Balaban J connectivity index is 1.46. The van der Waals surface area contributed by atoms with Gasteiger partial charge in [-0.1, -0.05) is 36.4 Å². The van der Waals surface area contributed by atoms with Gasteiger partial charge in [0.1, 0.15) is 57.5 Å². The predicted octanol–water partition coefficient (Wildman–Crippen LogP) is 19.0. The molecule has 762 valence electrons. The van der Waals surface area contributed by atoms with E-state index in [0.717, 1.165) is 0 Å². The van der Waals surface area contributed by atoms with Gasteiger partial charge >= 0.3 is 156 Å². The molecule has 0 aliphatic rings. The zero-order valence-electron chi connectivity index (χ0n) is 65.1. The molecule has 0 radical (unpaired) electrons. The van der Waals surface area contributed by atoms with Gasteiger partial charge in [-0.15, -0.1) is 0 Å². The summed E-state index contributed by atoms with van der Waals surface area (Å²) in [4.78, 5) is 0. The average molecular weight is 2240 g/mol. The second-order valence-electron chi connectivity index (χ2n) is 26.5. The first-order valence-corrected chi connectivity index (χ1v) is 48.6. The first-order chi connectivity index (χ1) is 63.1. The van der Waals surface area contributed by atoms with Gasteiger partial charge in [0.2, 0.25) is 0 Å². The molecule has 0 heterocycles. The third-order valence-corrected chi connectivity index (χ3v) is 27.0. The summed E-state index contributed by atoms with van der Waals surface area (Å²) in [6, 6.07) is 2.68. The summed E-state index contributed by atoms with van der Waals surface area (Å²) in [7, 11) is -71.6. The Labute approximate surface area is 761 Å². The molecule has 10 rings (SSSR count). The van der Waals surface area contributed by atoms with Crippen molar-refractivity contribution in [3.05, 3.63) is 194 Å². The van der Waals surface area contributed by atoms with Crippen molar-refractivity contribution >= 4 is 101 Å². The molecular formula is C70H32F30O30S10. The lowest BCUT2D eigenvalue weighted by Crippen LogP contribution is -2.28. The fraction of sp³-hybridized carbons (Fsp3) is 0.143. The second-order valence-corrected chi connectivity index (χ2v) is 41.9. The van der Waals surface area contributed by atoms with E-state index in [2.05, 4.69) is 41.8 Å². The molecule has 0 saturated heterocycles. The summed E-state index contributed by atoms with van der Waals surface area (Å²) < 4.78 is 725. The summed E-state index contributed by atoms with van der Waals surface area (Å²) in [5.74, 6) is -17.9. The Hall–Kier alpha value is -12.4. The van der Waals surface area contributed by atoms with Crippen LogP contribution in [0.1, 0.15) is 0 Å². The molecule has 10 aromatic carbocycles. The topological polar surface area (TPSA) is 434 Å².